The van der Waals surface area contributed by atoms with Crippen molar-refractivity contribution in [1.29, 1.82) is 0 Å². The molecule has 19 heavy (non-hydrogen) atoms. The van der Waals surface area contributed by atoms with Gasteiger partial charge in [0.25, 0.3) is 0 Å². The van der Waals surface area contributed by atoms with Crippen LogP contribution >= 0.6 is 11.6 Å². The molecule has 1 heterocycles. The normalized spacial score (nSPS) is 11.6. The fourth-order valence-electron chi connectivity index (χ4n) is 1.99. The highest BCUT2D eigenvalue weighted by molar-refractivity contribution is 6.17. The number of hydrogen-bond donors (Lipinski definition) is 1. The van der Waals surface area contributed by atoms with Gasteiger partial charge in [-0.1, -0.05) is 6.07 Å². The van der Waals surface area contributed by atoms with Crippen LogP contribution in [0.3, 0.4) is 0 Å². The number of alkyl halides is 1. The zero-order chi connectivity index (χ0) is 13.9. The van der Waals surface area contributed by atoms with Gasteiger partial charge in [0.15, 0.2) is 0 Å². The Morgan fingerprint density at radius 3 is 2.79 bits per heavy atom. The van der Waals surface area contributed by atoms with Gasteiger partial charge in [-0.25, -0.2) is 4.98 Å². The molecule has 0 unspecified atom stereocenters. The van der Waals surface area contributed by atoms with Gasteiger partial charge in [-0.05, 0) is 43.9 Å². The van der Waals surface area contributed by atoms with Crippen LogP contribution in [0.1, 0.15) is 20.3 Å². The summed E-state index contributed by atoms with van der Waals surface area (Å²) in [4.78, 5) is 4.44. The number of fused-ring (bicyclic) bond motifs is 1. The first-order valence-electron chi connectivity index (χ1n) is 6.33. The molecule has 0 spiro atoms. The molecular weight excluding hydrogens is 260 g/mol. The zero-order valence-corrected chi connectivity index (χ0v) is 12.3. The van der Waals surface area contributed by atoms with Gasteiger partial charge in [0, 0.05) is 23.0 Å². The summed E-state index contributed by atoms with van der Waals surface area (Å²) in [5, 5.41) is 5.66. The minimum absolute atomic E-state index is 0.0912. The van der Waals surface area contributed by atoms with Crippen molar-refractivity contribution in [2.24, 2.45) is 0 Å². The molecule has 0 aliphatic heterocycles. The van der Waals surface area contributed by atoms with Crippen molar-refractivity contribution >= 4 is 28.2 Å². The molecule has 1 N–H and O–H groups in total. The Labute approximate surface area is 118 Å². The lowest BCUT2D eigenvalue weighted by atomic mass is 10.0. The van der Waals surface area contributed by atoms with E-state index >= 15 is 0 Å². The maximum atomic E-state index is 5.84. The smallest absolute Gasteiger partial charge is 0.134 e. The summed E-state index contributed by atoms with van der Waals surface area (Å²) < 4.78 is 5.28. The maximum Gasteiger partial charge on any atom is 0.134 e. The Hall–Kier alpha value is -1.48. The molecule has 0 saturated carbocycles. The second-order valence-corrected chi connectivity index (χ2v) is 5.57. The fraction of sp³-hybridized carbons (Fsp3) is 0.400. The fourth-order valence-corrected chi connectivity index (χ4v) is 2.47. The highest BCUT2D eigenvalue weighted by atomic mass is 35.5. The van der Waals surface area contributed by atoms with Crippen molar-refractivity contribution in [3.8, 4) is 5.75 Å². The monoisotopic (exact) mass is 278 g/mol. The Morgan fingerprint density at radius 1 is 1.32 bits per heavy atom. The van der Waals surface area contributed by atoms with Crippen molar-refractivity contribution in [2.75, 3.05) is 18.3 Å². The quantitative estimate of drug-likeness (QED) is 0.838. The van der Waals surface area contributed by atoms with Crippen LogP contribution in [0.2, 0.25) is 0 Å². The number of halogens is 1. The molecule has 2 aromatic rings. The van der Waals surface area contributed by atoms with E-state index in [2.05, 4.69) is 24.1 Å². The highest BCUT2D eigenvalue weighted by Crippen LogP contribution is 2.28. The van der Waals surface area contributed by atoms with Crippen molar-refractivity contribution in [2.45, 2.75) is 25.8 Å². The predicted molar refractivity (Wildman–Crippen MR) is 81.3 cm³/mol. The number of nitrogens with zero attached hydrogens (tertiary/aromatic N) is 1. The molecule has 0 saturated heterocycles. The van der Waals surface area contributed by atoms with Gasteiger partial charge in [0.2, 0.25) is 0 Å². The lowest BCUT2D eigenvalue weighted by Crippen LogP contribution is -2.31. The first-order valence-corrected chi connectivity index (χ1v) is 6.86. The zero-order valence-electron chi connectivity index (χ0n) is 11.5. The number of nitrogens with one attached hydrogen (secondary N) is 1. The minimum Gasteiger partial charge on any atom is -0.497 e. The lowest BCUT2D eigenvalue weighted by molar-refractivity contribution is 0.415. The summed E-state index contributed by atoms with van der Waals surface area (Å²) in [6.45, 7) is 4.24. The molecule has 0 amide bonds. The van der Waals surface area contributed by atoms with E-state index in [1.54, 1.807) is 7.11 Å². The number of methoxy groups -OCH3 is 1. The van der Waals surface area contributed by atoms with Crippen molar-refractivity contribution in [1.82, 2.24) is 4.98 Å². The van der Waals surface area contributed by atoms with Crippen molar-refractivity contribution < 1.29 is 4.74 Å². The maximum absolute atomic E-state index is 5.84. The average molecular weight is 279 g/mol. The van der Waals surface area contributed by atoms with Gasteiger partial charge in [-0.3, -0.25) is 0 Å². The van der Waals surface area contributed by atoms with E-state index in [0.29, 0.717) is 5.88 Å². The van der Waals surface area contributed by atoms with Crippen LogP contribution in [0.25, 0.3) is 10.8 Å². The van der Waals surface area contributed by atoms with E-state index < -0.39 is 0 Å². The molecule has 0 aliphatic rings. The number of benzene rings is 1. The third kappa shape index (κ3) is 3.29. The molecule has 1 aromatic heterocycles. The molecular formula is C15H19ClN2O. The van der Waals surface area contributed by atoms with Crippen LogP contribution in [-0.4, -0.2) is 23.5 Å². The summed E-state index contributed by atoms with van der Waals surface area (Å²) >= 11 is 5.84. The number of anilines is 1. The molecule has 0 aliphatic carbocycles. The van der Waals surface area contributed by atoms with Gasteiger partial charge in [0.1, 0.15) is 11.6 Å². The predicted octanol–water partition coefficient (Wildman–Crippen LogP) is 4.06. The van der Waals surface area contributed by atoms with E-state index in [4.69, 9.17) is 16.3 Å². The first kappa shape index (κ1) is 13.9. The summed E-state index contributed by atoms with van der Waals surface area (Å²) in [6.07, 6.45) is 2.69. The van der Waals surface area contributed by atoms with Gasteiger partial charge >= 0.3 is 0 Å². The van der Waals surface area contributed by atoms with E-state index in [1.807, 2.05) is 30.5 Å². The molecule has 2 rings (SSSR count). The number of pyridine rings is 1. The lowest BCUT2D eigenvalue weighted by Gasteiger charge is -2.26. The second-order valence-electron chi connectivity index (χ2n) is 5.19. The number of rotatable bonds is 5. The first-order chi connectivity index (χ1) is 9.05. The van der Waals surface area contributed by atoms with Crippen LogP contribution in [0.4, 0.5) is 5.82 Å². The van der Waals surface area contributed by atoms with Crippen LogP contribution in [0.5, 0.6) is 5.75 Å². The number of ether oxygens (including phenoxy) is 1. The average Bonchev–Trinajstić information content (AvgIpc) is 2.38. The second kappa shape index (κ2) is 5.66. The molecule has 3 nitrogen and oxygen atoms in total. The van der Waals surface area contributed by atoms with Crippen LogP contribution in [0.15, 0.2) is 30.5 Å². The summed E-state index contributed by atoms with van der Waals surface area (Å²) in [7, 11) is 1.67. The van der Waals surface area contributed by atoms with Gasteiger partial charge in [0.05, 0.1) is 7.11 Å². The van der Waals surface area contributed by atoms with Crippen LogP contribution in [-0.2, 0) is 0 Å². The number of aromatic nitrogens is 1. The molecule has 102 valence electrons. The van der Waals surface area contributed by atoms with E-state index in [9.17, 15) is 0 Å². The van der Waals surface area contributed by atoms with Gasteiger partial charge in [-0.15, -0.1) is 11.6 Å². The Morgan fingerprint density at radius 2 is 2.11 bits per heavy atom. The Bertz CT molecular complexity index is 569. The molecule has 0 bridgehead atoms. The molecule has 0 atom stereocenters. The highest BCUT2D eigenvalue weighted by Gasteiger charge is 2.18. The van der Waals surface area contributed by atoms with E-state index in [-0.39, 0.29) is 5.54 Å². The van der Waals surface area contributed by atoms with Crippen molar-refractivity contribution in [3.63, 3.8) is 0 Å². The summed E-state index contributed by atoms with van der Waals surface area (Å²) in [6, 6.07) is 7.99. The number of hydrogen-bond acceptors (Lipinski definition) is 3. The largest absolute Gasteiger partial charge is 0.497 e. The van der Waals surface area contributed by atoms with Gasteiger partial charge < -0.3 is 10.1 Å². The van der Waals surface area contributed by atoms with Crippen molar-refractivity contribution in [3.05, 3.63) is 30.5 Å². The third-order valence-electron chi connectivity index (χ3n) is 3.15. The summed E-state index contributed by atoms with van der Waals surface area (Å²) in [5.41, 5.74) is -0.0912. The van der Waals surface area contributed by atoms with Gasteiger partial charge in [-0.2, -0.15) is 0 Å². The third-order valence-corrected chi connectivity index (χ3v) is 3.34. The molecule has 4 heteroatoms. The SMILES string of the molecule is COc1ccc2ccnc(NC(C)(C)CCCl)c2c1. The van der Waals surface area contributed by atoms with Crippen LogP contribution < -0.4 is 10.1 Å². The molecule has 0 radical (unpaired) electrons. The van der Waals surface area contributed by atoms with Crippen LogP contribution in [0, 0.1) is 0 Å². The minimum atomic E-state index is -0.0912. The van der Waals surface area contributed by atoms with E-state index in [0.717, 1.165) is 28.8 Å². The molecule has 1 aromatic carbocycles. The Kier molecular flexibility index (Phi) is 4.15. The summed E-state index contributed by atoms with van der Waals surface area (Å²) in [5.74, 6) is 2.32. The van der Waals surface area contributed by atoms with E-state index in [1.165, 1.54) is 0 Å². The molecule has 0 fully saturated rings. The topological polar surface area (TPSA) is 34.1 Å². The Balaban J connectivity index is 2.42. The standard InChI is InChI=1S/C15H19ClN2O/c1-15(2,7-8-16)18-14-13-10-12(19-3)5-4-11(13)6-9-17-14/h4-6,9-10H,7-8H2,1-3H3,(H,17,18).